The second-order valence-electron chi connectivity index (χ2n) is 14.1. The van der Waals surface area contributed by atoms with Gasteiger partial charge in [0.25, 0.3) is 0 Å². The van der Waals surface area contributed by atoms with E-state index in [0.29, 0.717) is 0 Å². The van der Waals surface area contributed by atoms with Crippen LogP contribution in [0.1, 0.15) is 124 Å². The van der Waals surface area contributed by atoms with Gasteiger partial charge < -0.3 is 4.74 Å². The molecule has 0 aromatic heterocycles. The van der Waals surface area contributed by atoms with Crippen LogP contribution in [0.5, 0.6) is 0 Å². The Labute approximate surface area is 202 Å². The third-order valence-electron chi connectivity index (χ3n) is 10.7. The lowest BCUT2D eigenvalue weighted by Gasteiger charge is -2.44. The molecule has 0 spiro atoms. The Hall–Kier alpha value is 0.177. The number of ether oxygens (including phenoxy) is 1. The second kappa shape index (κ2) is 10.8. The summed E-state index contributed by atoms with van der Waals surface area (Å²) in [4.78, 5) is 0. The van der Waals surface area contributed by atoms with Crippen molar-refractivity contribution in [3.63, 3.8) is 0 Å². The summed E-state index contributed by atoms with van der Waals surface area (Å²) < 4.78 is 5.89. The summed E-state index contributed by atoms with van der Waals surface area (Å²) in [6.45, 7) is 13.2. The predicted molar refractivity (Wildman–Crippen MR) is 142 cm³/mol. The van der Waals surface area contributed by atoms with Gasteiger partial charge in [-0.3, -0.25) is 0 Å². The van der Waals surface area contributed by atoms with Crippen molar-refractivity contribution in [2.24, 2.45) is 29.6 Å². The van der Waals surface area contributed by atoms with Crippen molar-refractivity contribution < 1.29 is 4.74 Å². The summed E-state index contributed by atoms with van der Waals surface area (Å²) in [6.07, 6.45) is 24.4. The van der Waals surface area contributed by atoms with Gasteiger partial charge in [-0.2, -0.15) is 0 Å². The van der Waals surface area contributed by atoms with Crippen molar-refractivity contribution >= 4 is 8.07 Å². The minimum absolute atomic E-state index is 0.0319. The molecule has 186 valence electrons. The molecule has 0 heterocycles. The Bertz CT molecular complexity index is 556. The van der Waals surface area contributed by atoms with E-state index >= 15 is 0 Å². The molecule has 4 rings (SSSR count). The Balaban J connectivity index is 1.25. The number of fused-ring (bicyclic) bond motifs is 3. The zero-order chi connectivity index (χ0) is 22.8. The van der Waals surface area contributed by atoms with E-state index in [9.17, 15) is 0 Å². The maximum atomic E-state index is 5.89. The molecule has 0 aromatic carbocycles. The van der Waals surface area contributed by atoms with Crippen molar-refractivity contribution in [1.29, 1.82) is 0 Å². The van der Waals surface area contributed by atoms with Gasteiger partial charge in [-0.25, -0.2) is 0 Å². The zero-order valence-corrected chi connectivity index (χ0v) is 23.5. The normalized spacial score (nSPS) is 38.0. The topological polar surface area (TPSA) is 9.23 Å². The number of hydrogen-bond acceptors (Lipinski definition) is 1. The van der Waals surface area contributed by atoms with Gasteiger partial charge in [0.2, 0.25) is 0 Å². The van der Waals surface area contributed by atoms with E-state index in [1.54, 1.807) is 70.6 Å². The molecule has 32 heavy (non-hydrogen) atoms. The quantitative estimate of drug-likeness (QED) is 0.246. The van der Waals surface area contributed by atoms with Crippen molar-refractivity contribution in [2.45, 2.75) is 153 Å². The molecular weight excluding hydrogens is 404 g/mol. The highest BCUT2D eigenvalue weighted by molar-refractivity contribution is 6.80. The summed E-state index contributed by atoms with van der Waals surface area (Å²) in [5, 5.41) is 0. The van der Waals surface area contributed by atoms with Crippen LogP contribution in [0.2, 0.25) is 24.2 Å². The first kappa shape index (κ1) is 25.3. The van der Waals surface area contributed by atoms with Crippen LogP contribution < -0.4 is 0 Å². The van der Waals surface area contributed by atoms with Gasteiger partial charge in [-0.05, 0) is 87.1 Å². The molecule has 4 saturated carbocycles. The first-order chi connectivity index (χ1) is 15.3. The third kappa shape index (κ3) is 5.87. The van der Waals surface area contributed by atoms with Crippen LogP contribution in [0.4, 0.5) is 0 Å². The van der Waals surface area contributed by atoms with E-state index < -0.39 is 8.07 Å². The highest BCUT2D eigenvalue weighted by Gasteiger charge is 2.58. The zero-order valence-electron chi connectivity index (χ0n) is 22.5. The van der Waals surface area contributed by atoms with E-state index in [1.165, 1.54) is 37.6 Å². The smallest absolute Gasteiger partial charge is 0.0598 e. The van der Waals surface area contributed by atoms with E-state index in [0.717, 1.165) is 41.7 Å². The average molecular weight is 461 g/mol. The molecule has 0 amide bonds. The van der Waals surface area contributed by atoms with Crippen LogP contribution in [0.3, 0.4) is 0 Å². The van der Waals surface area contributed by atoms with Gasteiger partial charge in [0.15, 0.2) is 0 Å². The van der Waals surface area contributed by atoms with Crippen LogP contribution in [0.25, 0.3) is 0 Å². The Morgan fingerprint density at radius 3 is 1.84 bits per heavy atom. The van der Waals surface area contributed by atoms with E-state index in [2.05, 4.69) is 33.9 Å². The molecule has 0 aliphatic heterocycles. The molecule has 2 heteroatoms. The van der Waals surface area contributed by atoms with Crippen molar-refractivity contribution in [3.05, 3.63) is 0 Å². The van der Waals surface area contributed by atoms with Gasteiger partial charge in [0.05, 0.1) is 13.7 Å². The summed E-state index contributed by atoms with van der Waals surface area (Å²) >= 11 is 0. The van der Waals surface area contributed by atoms with Crippen molar-refractivity contribution in [2.75, 3.05) is 6.61 Å². The number of unbranched alkanes of at least 4 members (excludes halogenated alkanes) is 3. The van der Waals surface area contributed by atoms with Gasteiger partial charge in [0, 0.05) is 6.61 Å². The fourth-order valence-electron chi connectivity index (χ4n) is 9.30. The molecule has 0 saturated heterocycles. The largest absolute Gasteiger partial charge is 0.376 e. The van der Waals surface area contributed by atoms with Crippen LogP contribution >= 0.6 is 0 Å². The van der Waals surface area contributed by atoms with Crippen LogP contribution in [-0.2, 0) is 4.74 Å². The molecule has 0 N–H and O–H groups in total. The monoisotopic (exact) mass is 460 g/mol. The van der Waals surface area contributed by atoms with Gasteiger partial charge in [0.1, 0.15) is 0 Å². The molecule has 4 fully saturated rings. The first-order valence-electron chi connectivity index (χ1n) is 14.9. The second-order valence-corrected chi connectivity index (χ2v) is 19.2. The minimum Gasteiger partial charge on any atom is -0.376 e. The molecule has 0 bridgehead atoms. The number of rotatable bonds is 9. The maximum Gasteiger partial charge on any atom is 0.0598 e. The first-order valence-corrected chi connectivity index (χ1v) is 18.1. The standard InChI is InChI=1S/C30H56OSi/c1-30(2,3)31-21-13-7-6-8-14-23-19-20-24(22-23)32(4,5)29-27-17-11-9-15-25(27)26-16-10-12-18-28(26)29/h23-29H,6-22H2,1-5H3. The Morgan fingerprint density at radius 1 is 0.688 bits per heavy atom. The van der Waals surface area contributed by atoms with Crippen molar-refractivity contribution in [1.82, 2.24) is 0 Å². The summed E-state index contributed by atoms with van der Waals surface area (Å²) in [7, 11) is -1.20. The lowest BCUT2D eigenvalue weighted by atomic mass is 9.73. The average Bonchev–Trinajstić information content (AvgIpc) is 3.36. The summed E-state index contributed by atoms with van der Waals surface area (Å²) in [5.74, 6) is 5.64. The molecule has 0 radical (unpaired) electrons. The van der Waals surface area contributed by atoms with Gasteiger partial charge in [-0.1, -0.05) is 90.1 Å². The lowest BCUT2D eigenvalue weighted by molar-refractivity contribution is -0.00476. The van der Waals surface area contributed by atoms with Crippen LogP contribution in [-0.4, -0.2) is 20.3 Å². The van der Waals surface area contributed by atoms with Gasteiger partial charge >= 0.3 is 0 Å². The lowest BCUT2D eigenvalue weighted by Crippen LogP contribution is -2.43. The Kier molecular flexibility index (Phi) is 8.56. The highest BCUT2D eigenvalue weighted by Crippen LogP contribution is 2.65. The summed E-state index contributed by atoms with van der Waals surface area (Å²) in [6, 6.07) is 0. The molecular formula is C30H56OSi. The van der Waals surface area contributed by atoms with E-state index in [4.69, 9.17) is 4.74 Å². The summed E-state index contributed by atoms with van der Waals surface area (Å²) in [5.41, 5.74) is 2.36. The molecule has 6 unspecified atom stereocenters. The third-order valence-corrected chi connectivity index (χ3v) is 15.9. The van der Waals surface area contributed by atoms with E-state index in [1.807, 2.05) is 0 Å². The minimum atomic E-state index is -1.20. The maximum absolute atomic E-state index is 5.89. The Morgan fingerprint density at radius 2 is 1.25 bits per heavy atom. The van der Waals surface area contributed by atoms with Gasteiger partial charge in [-0.15, -0.1) is 0 Å². The molecule has 4 aliphatic carbocycles. The molecule has 1 nitrogen and oxygen atoms in total. The SMILES string of the molecule is CC(C)(C)OCCCCCCC1CCC([Si](C)(C)C2C3CCCCC3C3CCCCC32)C1. The van der Waals surface area contributed by atoms with Crippen LogP contribution in [0.15, 0.2) is 0 Å². The molecule has 0 aromatic rings. The fourth-order valence-corrected chi connectivity index (χ4v) is 14.7. The predicted octanol–water partition coefficient (Wildman–Crippen LogP) is 9.63. The fraction of sp³-hybridized carbons (Fsp3) is 1.00. The van der Waals surface area contributed by atoms with Crippen molar-refractivity contribution in [3.8, 4) is 0 Å². The van der Waals surface area contributed by atoms with Crippen LogP contribution in [0, 0.1) is 29.6 Å². The molecule has 4 aliphatic rings. The highest BCUT2D eigenvalue weighted by atomic mass is 28.3. The number of hydrogen-bond donors (Lipinski definition) is 0. The van der Waals surface area contributed by atoms with E-state index in [-0.39, 0.29) is 5.60 Å². The molecule has 6 atom stereocenters.